The summed E-state index contributed by atoms with van der Waals surface area (Å²) in [7, 11) is 0. The topological polar surface area (TPSA) is 86.1 Å². The van der Waals surface area contributed by atoms with E-state index < -0.39 is 6.04 Å². The Morgan fingerprint density at radius 3 is 2.88 bits per heavy atom. The van der Waals surface area contributed by atoms with Gasteiger partial charge in [-0.25, -0.2) is 4.98 Å². The highest BCUT2D eigenvalue weighted by Crippen LogP contribution is 2.23. The maximum absolute atomic E-state index is 12.7. The van der Waals surface area contributed by atoms with E-state index in [0.717, 1.165) is 6.42 Å². The van der Waals surface area contributed by atoms with Gasteiger partial charge in [0.25, 0.3) is 5.91 Å². The van der Waals surface area contributed by atoms with Crippen molar-refractivity contribution in [1.29, 1.82) is 5.26 Å². The summed E-state index contributed by atoms with van der Waals surface area (Å²) < 4.78 is 0. The molecule has 0 bridgehead atoms. The molecule has 2 rings (SSSR count). The second kappa shape index (κ2) is 8.15. The molecule has 1 N–H and O–H groups in total. The van der Waals surface area contributed by atoms with Crippen molar-refractivity contribution in [3.05, 3.63) is 29.1 Å². The first-order valence-corrected chi connectivity index (χ1v) is 9.13. The number of nitrogens with one attached hydrogen (secondary N) is 1. The Morgan fingerprint density at radius 1 is 1.50 bits per heavy atom. The molecule has 0 aromatic carbocycles. The summed E-state index contributed by atoms with van der Waals surface area (Å²) in [4.78, 5) is 30.8. The van der Waals surface area contributed by atoms with E-state index in [9.17, 15) is 9.59 Å². The molecule has 1 atom stereocenters. The van der Waals surface area contributed by atoms with Gasteiger partial charge in [-0.3, -0.25) is 9.59 Å². The first kappa shape index (κ1) is 18.3. The van der Waals surface area contributed by atoms with Crippen molar-refractivity contribution in [2.45, 2.75) is 33.2 Å². The van der Waals surface area contributed by atoms with E-state index in [4.69, 9.17) is 5.26 Å². The second-order valence-corrected chi connectivity index (χ2v) is 7.21. The van der Waals surface area contributed by atoms with Crippen molar-refractivity contribution >= 4 is 23.6 Å². The number of thioether (sulfide) groups is 1. The number of rotatable bonds is 5. The van der Waals surface area contributed by atoms with Gasteiger partial charge in [-0.05, 0) is 31.4 Å². The van der Waals surface area contributed by atoms with Crippen molar-refractivity contribution in [1.82, 2.24) is 15.2 Å². The molecule has 1 aliphatic rings. The Bertz CT molecular complexity index is 669. The van der Waals surface area contributed by atoms with Crippen LogP contribution >= 0.6 is 11.8 Å². The molecule has 0 saturated carbocycles. The average Bonchev–Trinajstić information content (AvgIpc) is 3.03. The molecule has 0 spiro atoms. The highest BCUT2D eigenvalue weighted by atomic mass is 32.2. The minimum Gasteiger partial charge on any atom is -0.354 e. The molecular weight excluding hydrogens is 324 g/mol. The number of nitrogens with zero attached hydrogens (tertiary/aromatic N) is 3. The van der Waals surface area contributed by atoms with Crippen LogP contribution in [0.15, 0.2) is 12.1 Å². The van der Waals surface area contributed by atoms with E-state index in [-0.39, 0.29) is 17.5 Å². The van der Waals surface area contributed by atoms with Crippen LogP contribution in [0.5, 0.6) is 0 Å². The van der Waals surface area contributed by atoms with Crippen LogP contribution in [0.3, 0.4) is 0 Å². The van der Waals surface area contributed by atoms with Crippen LogP contribution in [-0.2, 0) is 4.79 Å². The van der Waals surface area contributed by atoms with E-state index in [1.807, 2.05) is 6.07 Å². The van der Waals surface area contributed by atoms with Gasteiger partial charge in [0.15, 0.2) is 0 Å². The summed E-state index contributed by atoms with van der Waals surface area (Å²) in [5.74, 6) is 1.21. The van der Waals surface area contributed by atoms with Crippen LogP contribution in [0.2, 0.25) is 0 Å². The molecule has 1 aliphatic heterocycles. The van der Waals surface area contributed by atoms with Crippen molar-refractivity contribution in [2.24, 2.45) is 5.92 Å². The Morgan fingerprint density at radius 2 is 2.25 bits per heavy atom. The molecule has 1 aromatic rings. The molecule has 7 heteroatoms. The fourth-order valence-corrected chi connectivity index (χ4v) is 3.56. The Kier molecular flexibility index (Phi) is 6.21. The quantitative estimate of drug-likeness (QED) is 0.880. The zero-order chi connectivity index (χ0) is 17.7. The third kappa shape index (κ3) is 4.26. The van der Waals surface area contributed by atoms with Crippen LogP contribution in [0.25, 0.3) is 0 Å². The van der Waals surface area contributed by atoms with Crippen molar-refractivity contribution in [3.8, 4) is 6.07 Å². The third-order valence-corrected chi connectivity index (χ3v) is 4.90. The number of carbonyl (C=O) groups excluding carboxylic acids is 2. The molecule has 0 radical (unpaired) electrons. The summed E-state index contributed by atoms with van der Waals surface area (Å²) in [5, 5.41) is 11.9. The Hall–Kier alpha value is -2.07. The smallest absolute Gasteiger partial charge is 0.273 e. The van der Waals surface area contributed by atoms with Crippen LogP contribution in [0.1, 0.15) is 42.0 Å². The Labute approximate surface area is 146 Å². The van der Waals surface area contributed by atoms with Gasteiger partial charge in [-0.15, -0.1) is 11.8 Å². The van der Waals surface area contributed by atoms with Crippen molar-refractivity contribution in [3.63, 3.8) is 0 Å². The normalized spacial score (nSPS) is 17.0. The van der Waals surface area contributed by atoms with Crippen LogP contribution in [-0.4, -0.2) is 45.9 Å². The predicted octanol–water partition coefficient (Wildman–Crippen LogP) is 1.94. The summed E-state index contributed by atoms with van der Waals surface area (Å²) in [6, 6.07) is 4.71. The summed E-state index contributed by atoms with van der Waals surface area (Å²) in [6.45, 7) is 6.52. The summed E-state index contributed by atoms with van der Waals surface area (Å²) in [6.07, 6.45) is 0.913. The van der Waals surface area contributed by atoms with Gasteiger partial charge in [0.1, 0.15) is 17.8 Å². The molecular formula is C17H22N4O2S. The second-order valence-electron chi connectivity index (χ2n) is 6.21. The number of aromatic nitrogens is 1. The number of nitriles is 1. The van der Waals surface area contributed by atoms with Gasteiger partial charge in [-0.1, -0.05) is 13.8 Å². The van der Waals surface area contributed by atoms with E-state index in [0.29, 0.717) is 35.3 Å². The van der Waals surface area contributed by atoms with Gasteiger partial charge in [0.2, 0.25) is 5.91 Å². The lowest BCUT2D eigenvalue weighted by Gasteiger charge is -2.23. The lowest BCUT2D eigenvalue weighted by molar-refractivity contribution is -0.124. The monoisotopic (exact) mass is 346 g/mol. The lowest BCUT2D eigenvalue weighted by atomic mass is 10.1. The van der Waals surface area contributed by atoms with E-state index in [1.165, 1.54) is 0 Å². The van der Waals surface area contributed by atoms with Crippen LogP contribution < -0.4 is 5.32 Å². The molecule has 6 nitrogen and oxygen atoms in total. The first-order valence-electron chi connectivity index (χ1n) is 7.98. The molecule has 2 heterocycles. The van der Waals surface area contributed by atoms with Gasteiger partial charge in [0, 0.05) is 12.3 Å². The highest BCUT2D eigenvalue weighted by molar-refractivity contribution is 7.99. The molecule has 1 aromatic heterocycles. The van der Waals surface area contributed by atoms with Gasteiger partial charge in [-0.2, -0.15) is 5.26 Å². The van der Waals surface area contributed by atoms with E-state index in [1.54, 1.807) is 35.7 Å². The number of hydrogen-bond donors (Lipinski definition) is 1. The van der Waals surface area contributed by atoms with E-state index in [2.05, 4.69) is 24.1 Å². The fraction of sp³-hybridized carbons (Fsp3) is 0.529. The summed E-state index contributed by atoms with van der Waals surface area (Å²) >= 11 is 1.56. The number of amides is 2. The SMILES string of the molecule is Cc1nc(C(=O)N2CSC[C@@H]2C(=O)NCCC(C)C)ccc1C#N. The summed E-state index contributed by atoms with van der Waals surface area (Å²) in [5.41, 5.74) is 1.24. The first-order chi connectivity index (χ1) is 11.4. The molecule has 0 aliphatic carbocycles. The number of carbonyl (C=O) groups is 2. The predicted molar refractivity (Wildman–Crippen MR) is 93.4 cm³/mol. The number of aryl methyl sites for hydroxylation is 1. The van der Waals surface area contributed by atoms with Crippen LogP contribution in [0.4, 0.5) is 0 Å². The standard InChI is InChI=1S/C17H22N4O2S/c1-11(2)6-7-19-16(22)15-9-24-10-21(15)17(23)14-5-4-13(8-18)12(3)20-14/h4-5,11,15H,6-7,9-10H2,1-3H3,(H,19,22)/t15-/m1/s1. The van der Waals surface area contributed by atoms with Gasteiger partial charge in [0.05, 0.1) is 17.1 Å². The molecule has 128 valence electrons. The van der Waals surface area contributed by atoms with Gasteiger partial charge >= 0.3 is 0 Å². The van der Waals surface area contributed by atoms with E-state index >= 15 is 0 Å². The zero-order valence-electron chi connectivity index (χ0n) is 14.2. The zero-order valence-corrected chi connectivity index (χ0v) is 15.0. The minimum atomic E-state index is -0.465. The Balaban J connectivity index is 2.06. The number of hydrogen-bond acceptors (Lipinski definition) is 5. The lowest BCUT2D eigenvalue weighted by Crippen LogP contribution is -2.47. The van der Waals surface area contributed by atoms with Gasteiger partial charge < -0.3 is 10.2 Å². The molecule has 2 amide bonds. The molecule has 1 fully saturated rings. The largest absolute Gasteiger partial charge is 0.354 e. The highest BCUT2D eigenvalue weighted by Gasteiger charge is 2.35. The molecule has 1 saturated heterocycles. The molecule has 24 heavy (non-hydrogen) atoms. The van der Waals surface area contributed by atoms with Crippen molar-refractivity contribution < 1.29 is 9.59 Å². The van der Waals surface area contributed by atoms with Crippen LogP contribution in [0, 0.1) is 24.2 Å². The number of pyridine rings is 1. The maximum atomic E-state index is 12.7. The third-order valence-electron chi connectivity index (χ3n) is 3.89. The fourth-order valence-electron chi connectivity index (χ4n) is 2.41. The van der Waals surface area contributed by atoms with Crippen molar-refractivity contribution in [2.75, 3.05) is 18.2 Å². The maximum Gasteiger partial charge on any atom is 0.273 e. The molecule has 0 unspecified atom stereocenters. The minimum absolute atomic E-state index is 0.112. The average molecular weight is 346 g/mol.